The van der Waals surface area contributed by atoms with Gasteiger partial charge in [-0.2, -0.15) is 0 Å². The smallest absolute Gasteiger partial charge is 0.257 e. The highest BCUT2D eigenvalue weighted by molar-refractivity contribution is 7.14. The van der Waals surface area contributed by atoms with Crippen LogP contribution in [-0.2, 0) is 0 Å². The molecule has 0 atom stereocenters. The lowest BCUT2D eigenvalue weighted by Gasteiger charge is -2.08. The summed E-state index contributed by atoms with van der Waals surface area (Å²) < 4.78 is 24.2. The van der Waals surface area contributed by atoms with Crippen molar-refractivity contribution in [3.63, 3.8) is 0 Å². The van der Waals surface area contributed by atoms with Crippen LogP contribution < -0.4 is 14.8 Å². The molecule has 1 heterocycles. The second kappa shape index (κ2) is 7.53. The number of thiazole rings is 1. The van der Waals surface area contributed by atoms with Crippen LogP contribution in [0.25, 0.3) is 11.3 Å². The fraction of sp³-hybridized carbons (Fsp3) is 0.158. The van der Waals surface area contributed by atoms with E-state index in [1.54, 1.807) is 45.4 Å². The van der Waals surface area contributed by atoms with Gasteiger partial charge in [0, 0.05) is 16.5 Å². The molecule has 1 amide bonds. The minimum absolute atomic E-state index is 0.240. The number of anilines is 1. The van der Waals surface area contributed by atoms with Crippen LogP contribution in [0.15, 0.2) is 41.8 Å². The van der Waals surface area contributed by atoms with Crippen molar-refractivity contribution < 1.29 is 18.7 Å². The number of nitrogens with zero attached hydrogens (tertiary/aromatic N) is 1. The number of hydrogen-bond donors (Lipinski definition) is 1. The summed E-state index contributed by atoms with van der Waals surface area (Å²) in [5.41, 5.74) is 2.13. The molecule has 0 spiro atoms. The lowest BCUT2D eigenvalue weighted by molar-refractivity contribution is 0.102. The van der Waals surface area contributed by atoms with E-state index in [-0.39, 0.29) is 5.56 Å². The van der Waals surface area contributed by atoms with E-state index < -0.39 is 11.7 Å². The molecule has 0 aliphatic heterocycles. The van der Waals surface area contributed by atoms with Crippen LogP contribution in [0.2, 0.25) is 0 Å². The van der Waals surface area contributed by atoms with Crippen molar-refractivity contribution in [2.75, 3.05) is 19.5 Å². The Hall–Kier alpha value is -2.93. The largest absolute Gasteiger partial charge is 0.497 e. The van der Waals surface area contributed by atoms with Gasteiger partial charge in [-0.1, -0.05) is 6.07 Å². The fourth-order valence-corrected chi connectivity index (χ4v) is 3.08. The fourth-order valence-electron chi connectivity index (χ4n) is 2.37. The van der Waals surface area contributed by atoms with Crippen LogP contribution in [0, 0.1) is 12.7 Å². The van der Waals surface area contributed by atoms with Gasteiger partial charge in [-0.05, 0) is 42.8 Å². The van der Waals surface area contributed by atoms with Crippen molar-refractivity contribution in [1.82, 2.24) is 4.98 Å². The third-order valence-corrected chi connectivity index (χ3v) is 4.60. The monoisotopic (exact) mass is 372 g/mol. The molecule has 0 unspecified atom stereocenters. The van der Waals surface area contributed by atoms with E-state index in [9.17, 15) is 9.18 Å². The van der Waals surface area contributed by atoms with Crippen LogP contribution in [0.1, 0.15) is 15.9 Å². The highest BCUT2D eigenvalue weighted by atomic mass is 32.1. The number of amides is 1. The van der Waals surface area contributed by atoms with E-state index >= 15 is 0 Å². The minimum Gasteiger partial charge on any atom is -0.497 e. The van der Waals surface area contributed by atoms with Crippen LogP contribution in [0.5, 0.6) is 11.5 Å². The van der Waals surface area contributed by atoms with Crippen LogP contribution in [0.4, 0.5) is 9.52 Å². The van der Waals surface area contributed by atoms with E-state index in [2.05, 4.69) is 10.3 Å². The van der Waals surface area contributed by atoms with Gasteiger partial charge in [0.05, 0.1) is 19.9 Å². The number of halogens is 1. The first-order chi connectivity index (χ1) is 12.5. The number of methoxy groups -OCH3 is 2. The molecular formula is C19H17FN2O3S. The summed E-state index contributed by atoms with van der Waals surface area (Å²) in [5, 5.41) is 4.91. The average molecular weight is 372 g/mol. The first kappa shape index (κ1) is 17.9. The normalized spacial score (nSPS) is 10.5. The molecule has 26 heavy (non-hydrogen) atoms. The summed E-state index contributed by atoms with van der Waals surface area (Å²) in [6, 6.07) is 9.76. The zero-order chi connectivity index (χ0) is 18.7. The maximum absolute atomic E-state index is 13.6. The second-order valence-electron chi connectivity index (χ2n) is 5.52. The maximum atomic E-state index is 13.6. The molecule has 0 aliphatic carbocycles. The Morgan fingerprint density at radius 1 is 1.15 bits per heavy atom. The van der Waals surface area contributed by atoms with Crippen LogP contribution in [-0.4, -0.2) is 25.1 Å². The highest BCUT2D eigenvalue weighted by Gasteiger charge is 2.14. The molecule has 3 aromatic rings. The molecule has 0 fully saturated rings. The molecule has 2 aromatic carbocycles. The summed E-state index contributed by atoms with van der Waals surface area (Å²) in [6.07, 6.45) is 0. The predicted molar refractivity (Wildman–Crippen MR) is 99.7 cm³/mol. The first-order valence-electron chi connectivity index (χ1n) is 7.77. The molecular weight excluding hydrogens is 355 g/mol. The van der Waals surface area contributed by atoms with Crippen molar-refractivity contribution in [2.24, 2.45) is 0 Å². The average Bonchev–Trinajstić information content (AvgIpc) is 3.11. The number of aromatic nitrogens is 1. The molecule has 1 N–H and O–H groups in total. The third kappa shape index (κ3) is 3.67. The Morgan fingerprint density at radius 2 is 1.96 bits per heavy atom. The molecule has 0 saturated heterocycles. The molecule has 0 radical (unpaired) electrons. The summed E-state index contributed by atoms with van der Waals surface area (Å²) in [4.78, 5) is 16.7. The van der Waals surface area contributed by atoms with Crippen LogP contribution >= 0.6 is 11.3 Å². The summed E-state index contributed by atoms with van der Waals surface area (Å²) in [5.74, 6) is 0.491. The number of carbonyl (C=O) groups excluding carboxylic acids is 1. The minimum atomic E-state index is -0.418. The van der Waals surface area contributed by atoms with Gasteiger partial charge in [-0.25, -0.2) is 9.37 Å². The zero-order valence-electron chi connectivity index (χ0n) is 14.5. The Kier molecular flexibility index (Phi) is 5.18. The van der Waals surface area contributed by atoms with E-state index in [4.69, 9.17) is 9.47 Å². The summed E-state index contributed by atoms with van der Waals surface area (Å²) >= 11 is 1.27. The van der Waals surface area contributed by atoms with Gasteiger partial charge in [0.15, 0.2) is 5.13 Å². The standard InChI is InChI=1S/C19H17FN2O3S/c1-11-4-5-12(8-15(11)20)18(23)22-19-21-16(10-26-19)14-9-13(24-2)6-7-17(14)25-3/h4-10H,1-3H3,(H,21,22,23). The Labute approximate surface area is 154 Å². The van der Waals surface area contributed by atoms with Crippen LogP contribution in [0.3, 0.4) is 0 Å². The molecule has 134 valence electrons. The highest BCUT2D eigenvalue weighted by Crippen LogP contribution is 2.35. The number of nitrogens with one attached hydrogen (secondary N) is 1. The van der Waals surface area contributed by atoms with Crippen molar-refractivity contribution in [3.8, 4) is 22.8 Å². The van der Waals surface area contributed by atoms with E-state index in [1.807, 2.05) is 11.4 Å². The van der Waals surface area contributed by atoms with Crippen molar-refractivity contribution >= 4 is 22.4 Å². The van der Waals surface area contributed by atoms with Crippen molar-refractivity contribution in [3.05, 3.63) is 58.7 Å². The number of carbonyl (C=O) groups is 1. The van der Waals surface area contributed by atoms with E-state index in [0.717, 1.165) is 5.56 Å². The topological polar surface area (TPSA) is 60.5 Å². The van der Waals surface area contributed by atoms with Gasteiger partial charge in [0.2, 0.25) is 0 Å². The molecule has 0 aliphatic rings. The zero-order valence-corrected chi connectivity index (χ0v) is 15.3. The predicted octanol–water partition coefficient (Wildman–Crippen LogP) is 4.53. The van der Waals surface area contributed by atoms with Gasteiger partial charge in [-0.3, -0.25) is 10.1 Å². The second-order valence-corrected chi connectivity index (χ2v) is 6.38. The molecule has 1 aromatic heterocycles. The quantitative estimate of drug-likeness (QED) is 0.715. The molecule has 3 rings (SSSR count). The Balaban J connectivity index is 1.84. The molecule has 0 bridgehead atoms. The first-order valence-corrected chi connectivity index (χ1v) is 8.65. The SMILES string of the molecule is COc1ccc(OC)c(-c2csc(NC(=O)c3ccc(C)c(F)c3)n2)c1. The summed E-state index contributed by atoms with van der Waals surface area (Å²) in [7, 11) is 3.16. The van der Waals surface area contributed by atoms with Gasteiger partial charge in [0.1, 0.15) is 17.3 Å². The number of rotatable bonds is 5. The van der Waals surface area contributed by atoms with Gasteiger partial charge < -0.3 is 9.47 Å². The molecule has 7 heteroatoms. The van der Waals surface area contributed by atoms with E-state index in [1.165, 1.54) is 17.4 Å². The Bertz CT molecular complexity index is 956. The third-order valence-electron chi connectivity index (χ3n) is 3.84. The van der Waals surface area contributed by atoms with Crippen molar-refractivity contribution in [1.29, 1.82) is 0 Å². The lowest BCUT2D eigenvalue weighted by Crippen LogP contribution is -2.12. The van der Waals surface area contributed by atoms with Crippen molar-refractivity contribution in [2.45, 2.75) is 6.92 Å². The maximum Gasteiger partial charge on any atom is 0.257 e. The number of aryl methyl sites for hydroxylation is 1. The molecule has 5 nitrogen and oxygen atoms in total. The number of benzene rings is 2. The van der Waals surface area contributed by atoms with Gasteiger partial charge >= 0.3 is 0 Å². The van der Waals surface area contributed by atoms with Gasteiger partial charge in [-0.15, -0.1) is 11.3 Å². The number of hydrogen-bond acceptors (Lipinski definition) is 5. The van der Waals surface area contributed by atoms with Gasteiger partial charge in [0.25, 0.3) is 5.91 Å². The Morgan fingerprint density at radius 3 is 2.65 bits per heavy atom. The summed E-state index contributed by atoms with van der Waals surface area (Å²) in [6.45, 7) is 1.64. The lowest BCUT2D eigenvalue weighted by atomic mass is 10.1. The van der Waals surface area contributed by atoms with E-state index in [0.29, 0.717) is 27.9 Å². The number of ether oxygens (including phenoxy) is 2. The molecule has 0 saturated carbocycles.